The Hall–Kier alpha value is -0.0500. The van der Waals surface area contributed by atoms with Crippen molar-refractivity contribution in [1.82, 2.24) is 4.98 Å². The van der Waals surface area contributed by atoms with Gasteiger partial charge in [0.15, 0.2) is 0 Å². The Bertz CT molecular complexity index is 331. The van der Waals surface area contributed by atoms with Crippen molar-refractivity contribution in [2.45, 2.75) is 11.7 Å². The van der Waals surface area contributed by atoms with Gasteiger partial charge in [-0.3, -0.25) is 4.98 Å². The maximum Gasteiger partial charge on any atom is 0.573 e. The second kappa shape index (κ2) is 4.65. The summed E-state index contributed by atoms with van der Waals surface area (Å²) in [6.07, 6.45) is -2.02. The second-order valence-corrected chi connectivity index (χ2v) is 4.01. The number of hydrogen-bond donors (Lipinski definition) is 0. The number of pyridine rings is 1. The van der Waals surface area contributed by atoms with Crippen LogP contribution in [0.3, 0.4) is 0 Å². The highest BCUT2D eigenvalue weighted by molar-refractivity contribution is 14.1. The molecule has 0 aromatic carbocycles. The van der Waals surface area contributed by atoms with Crippen LogP contribution in [0, 0.1) is 3.57 Å². The van der Waals surface area contributed by atoms with E-state index in [0.29, 0.717) is 9.13 Å². The highest BCUT2D eigenvalue weighted by atomic mass is 127. The van der Waals surface area contributed by atoms with E-state index in [0.717, 1.165) is 0 Å². The third-order valence-electron chi connectivity index (χ3n) is 1.29. The van der Waals surface area contributed by atoms with Crippen molar-refractivity contribution in [3.8, 4) is 5.75 Å². The number of alkyl halides is 4. The number of hydrogen-bond acceptors (Lipinski definition) is 2. The molecule has 14 heavy (non-hydrogen) atoms. The normalized spacial score (nSPS) is 11.5. The van der Waals surface area contributed by atoms with Crippen LogP contribution in [0.25, 0.3) is 0 Å². The Morgan fingerprint density at radius 2 is 2.07 bits per heavy atom. The number of nitrogens with zero attached hydrogens (tertiary/aromatic N) is 1. The summed E-state index contributed by atoms with van der Waals surface area (Å²) in [5.74, 6) is -0.190. The van der Waals surface area contributed by atoms with Crippen LogP contribution in [0.1, 0.15) is 5.56 Å². The average molecular weight is 382 g/mol. The van der Waals surface area contributed by atoms with Gasteiger partial charge in [0.05, 0.1) is 3.57 Å². The topological polar surface area (TPSA) is 22.1 Å². The van der Waals surface area contributed by atoms with Crippen LogP contribution in [0.15, 0.2) is 12.4 Å². The first-order valence-corrected chi connectivity index (χ1v) is 5.58. The van der Waals surface area contributed by atoms with Crippen molar-refractivity contribution in [3.05, 3.63) is 21.5 Å². The molecule has 1 heterocycles. The zero-order chi connectivity index (χ0) is 10.8. The number of aromatic nitrogens is 1. The highest BCUT2D eigenvalue weighted by Crippen LogP contribution is 2.31. The Balaban J connectivity index is 3.05. The van der Waals surface area contributed by atoms with E-state index < -0.39 is 6.36 Å². The maximum absolute atomic E-state index is 12.0. The predicted molar refractivity (Wildman–Crippen MR) is 56.3 cm³/mol. The first-order chi connectivity index (χ1) is 6.44. The van der Waals surface area contributed by atoms with Gasteiger partial charge in [-0.25, -0.2) is 0 Å². The molecule has 0 atom stereocenters. The zero-order valence-corrected chi connectivity index (χ0v) is 10.4. The SMILES string of the molecule is FC(F)(F)Oc1c(I)cncc1CBr. The Kier molecular flexibility index (Phi) is 3.99. The van der Waals surface area contributed by atoms with E-state index in [1.54, 1.807) is 22.6 Å². The summed E-state index contributed by atoms with van der Waals surface area (Å²) < 4.78 is 40.1. The number of halogens is 5. The predicted octanol–water partition coefficient (Wildman–Crippen LogP) is 3.48. The summed E-state index contributed by atoms with van der Waals surface area (Å²) in [5, 5.41) is 0.266. The molecule has 0 radical (unpaired) electrons. The van der Waals surface area contributed by atoms with Gasteiger partial charge in [0.2, 0.25) is 0 Å². The molecule has 2 nitrogen and oxygen atoms in total. The van der Waals surface area contributed by atoms with E-state index in [1.165, 1.54) is 12.4 Å². The third-order valence-corrected chi connectivity index (χ3v) is 2.66. The van der Waals surface area contributed by atoms with Crippen LogP contribution in [0.5, 0.6) is 5.75 Å². The first-order valence-electron chi connectivity index (χ1n) is 3.38. The molecule has 0 saturated carbocycles. The standard InChI is InChI=1S/C7H4BrF3INO/c8-1-4-2-13-3-5(12)6(4)14-7(9,10)11/h2-3H,1H2. The molecule has 0 unspecified atom stereocenters. The van der Waals surface area contributed by atoms with E-state index in [1.807, 2.05) is 0 Å². The molecule has 78 valence electrons. The summed E-state index contributed by atoms with van der Waals surface area (Å²) in [6.45, 7) is 0. The first kappa shape index (κ1) is 12.0. The van der Waals surface area contributed by atoms with Gasteiger partial charge in [0.1, 0.15) is 5.75 Å². The summed E-state index contributed by atoms with van der Waals surface area (Å²) >= 11 is 4.80. The molecule has 0 saturated heterocycles. The van der Waals surface area contributed by atoms with Crippen molar-refractivity contribution in [2.24, 2.45) is 0 Å². The molecule has 7 heteroatoms. The molecule has 0 aliphatic carbocycles. The molecular weight excluding hydrogens is 378 g/mol. The van der Waals surface area contributed by atoms with Crippen molar-refractivity contribution in [3.63, 3.8) is 0 Å². The minimum Gasteiger partial charge on any atom is -0.404 e. The summed E-state index contributed by atoms with van der Waals surface area (Å²) in [4.78, 5) is 3.76. The average Bonchev–Trinajstić information content (AvgIpc) is 2.06. The van der Waals surface area contributed by atoms with E-state index in [4.69, 9.17) is 0 Å². The van der Waals surface area contributed by atoms with Crippen LogP contribution in [0.4, 0.5) is 13.2 Å². The van der Waals surface area contributed by atoms with Gasteiger partial charge < -0.3 is 4.74 Å². The van der Waals surface area contributed by atoms with Crippen molar-refractivity contribution in [2.75, 3.05) is 0 Å². The lowest BCUT2D eigenvalue weighted by Crippen LogP contribution is -2.18. The lowest BCUT2D eigenvalue weighted by molar-refractivity contribution is -0.275. The molecule has 0 fully saturated rings. The van der Waals surface area contributed by atoms with Crippen LogP contribution >= 0.6 is 38.5 Å². The van der Waals surface area contributed by atoms with Gasteiger partial charge in [-0.1, -0.05) is 15.9 Å². The van der Waals surface area contributed by atoms with Crippen molar-refractivity contribution >= 4 is 38.5 Å². The molecule has 0 aliphatic heterocycles. The Morgan fingerprint density at radius 1 is 1.43 bits per heavy atom. The molecule has 1 aromatic rings. The highest BCUT2D eigenvalue weighted by Gasteiger charge is 2.33. The molecule has 0 bridgehead atoms. The maximum atomic E-state index is 12.0. The number of ether oxygens (including phenoxy) is 1. The van der Waals surface area contributed by atoms with E-state index >= 15 is 0 Å². The van der Waals surface area contributed by atoms with Crippen LogP contribution in [-0.4, -0.2) is 11.3 Å². The molecular formula is C7H4BrF3INO. The van der Waals surface area contributed by atoms with Crippen molar-refractivity contribution in [1.29, 1.82) is 0 Å². The lowest BCUT2D eigenvalue weighted by atomic mass is 10.3. The Labute approximate surface area is 100 Å². The third kappa shape index (κ3) is 3.26. The van der Waals surface area contributed by atoms with Gasteiger partial charge in [0.25, 0.3) is 0 Å². The fourth-order valence-corrected chi connectivity index (χ4v) is 1.81. The molecule has 0 aliphatic rings. The zero-order valence-electron chi connectivity index (χ0n) is 6.61. The minimum absolute atomic E-state index is 0.190. The fraction of sp³-hybridized carbons (Fsp3) is 0.286. The van der Waals surface area contributed by atoms with E-state index in [9.17, 15) is 13.2 Å². The molecule has 0 spiro atoms. The molecule has 0 N–H and O–H groups in total. The van der Waals surface area contributed by atoms with E-state index in [-0.39, 0.29) is 11.1 Å². The molecule has 1 rings (SSSR count). The quantitative estimate of drug-likeness (QED) is 0.578. The lowest BCUT2D eigenvalue weighted by Gasteiger charge is -2.12. The van der Waals surface area contributed by atoms with Gasteiger partial charge in [-0.2, -0.15) is 0 Å². The number of rotatable bonds is 2. The van der Waals surface area contributed by atoms with Crippen LogP contribution in [-0.2, 0) is 5.33 Å². The minimum atomic E-state index is -4.67. The summed E-state index contributed by atoms with van der Waals surface area (Å²) in [7, 11) is 0. The summed E-state index contributed by atoms with van der Waals surface area (Å²) in [5.41, 5.74) is 0.370. The second-order valence-electron chi connectivity index (χ2n) is 2.29. The van der Waals surface area contributed by atoms with Crippen LogP contribution in [0.2, 0.25) is 0 Å². The van der Waals surface area contributed by atoms with Crippen molar-refractivity contribution < 1.29 is 17.9 Å². The largest absolute Gasteiger partial charge is 0.573 e. The summed E-state index contributed by atoms with van der Waals surface area (Å²) in [6, 6.07) is 0. The van der Waals surface area contributed by atoms with Gasteiger partial charge in [-0.15, -0.1) is 13.2 Å². The monoisotopic (exact) mass is 381 g/mol. The van der Waals surface area contributed by atoms with Crippen LogP contribution < -0.4 is 4.74 Å². The Morgan fingerprint density at radius 3 is 2.57 bits per heavy atom. The smallest absolute Gasteiger partial charge is 0.404 e. The van der Waals surface area contributed by atoms with Gasteiger partial charge in [-0.05, 0) is 22.6 Å². The molecule has 1 aromatic heterocycles. The van der Waals surface area contributed by atoms with E-state index in [2.05, 4.69) is 25.7 Å². The van der Waals surface area contributed by atoms with Gasteiger partial charge >= 0.3 is 6.36 Å². The van der Waals surface area contributed by atoms with Gasteiger partial charge in [0, 0.05) is 23.3 Å². The molecule has 0 amide bonds. The fourth-order valence-electron chi connectivity index (χ4n) is 0.789.